The third kappa shape index (κ3) is 2.08. The molecule has 100 valence electrons. The summed E-state index contributed by atoms with van der Waals surface area (Å²) in [7, 11) is 0. The van der Waals surface area contributed by atoms with Crippen molar-refractivity contribution in [1.82, 2.24) is 4.98 Å². The Bertz CT molecular complexity index is 571. The Labute approximate surface area is 114 Å². The zero-order chi connectivity index (χ0) is 12.7. The first-order valence-corrected chi connectivity index (χ1v) is 7.78. The van der Waals surface area contributed by atoms with Gasteiger partial charge in [0.25, 0.3) is 0 Å². The minimum Gasteiger partial charge on any atom is -0.361 e. The molecule has 1 aromatic heterocycles. The number of fused-ring (bicyclic) bond motifs is 3. The highest BCUT2D eigenvalue weighted by molar-refractivity contribution is 5.82. The standard InChI is InChI=1S/C17H22N2/c1-2-4-16-15(3-1)14(11-19-16)7-8-18-17-10-12-5-6-13(17)9-12/h1-4,11-13,17-19H,5-10H2/p+1/t12-,13-,17+/m1/s1. The minimum atomic E-state index is 0.934. The highest BCUT2D eigenvalue weighted by Gasteiger charge is 2.41. The van der Waals surface area contributed by atoms with E-state index >= 15 is 0 Å². The Morgan fingerprint density at radius 2 is 2.11 bits per heavy atom. The van der Waals surface area contributed by atoms with Gasteiger partial charge in [-0.1, -0.05) is 18.2 Å². The maximum Gasteiger partial charge on any atom is 0.0890 e. The number of para-hydroxylation sites is 1. The van der Waals surface area contributed by atoms with Crippen molar-refractivity contribution in [1.29, 1.82) is 0 Å². The summed E-state index contributed by atoms with van der Waals surface area (Å²) in [5.74, 6) is 2.10. The van der Waals surface area contributed by atoms with Gasteiger partial charge >= 0.3 is 0 Å². The third-order valence-electron chi connectivity index (χ3n) is 5.35. The quantitative estimate of drug-likeness (QED) is 0.841. The topological polar surface area (TPSA) is 32.4 Å². The summed E-state index contributed by atoms with van der Waals surface area (Å²) in [4.78, 5) is 3.38. The fraction of sp³-hybridized carbons (Fsp3) is 0.529. The highest BCUT2D eigenvalue weighted by Crippen LogP contribution is 2.42. The lowest BCUT2D eigenvalue weighted by molar-refractivity contribution is -0.694. The average molecular weight is 255 g/mol. The van der Waals surface area contributed by atoms with Crippen LogP contribution in [0.5, 0.6) is 0 Å². The van der Waals surface area contributed by atoms with Crippen LogP contribution in [0.3, 0.4) is 0 Å². The largest absolute Gasteiger partial charge is 0.361 e. The number of aromatic nitrogens is 1. The molecule has 2 aromatic rings. The first kappa shape index (κ1) is 11.5. The number of quaternary nitrogens is 1. The molecule has 2 aliphatic rings. The van der Waals surface area contributed by atoms with E-state index in [1.54, 1.807) is 0 Å². The van der Waals surface area contributed by atoms with E-state index in [2.05, 4.69) is 40.8 Å². The Balaban J connectivity index is 1.37. The van der Waals surface area contributed by atoms with E-state index in [4.69, 9.17) is 0 Å². The molecule has 2 nitrogen and oxygen atoms in total. The summed E-state index contributed by atoms with van der Waals surface area (Å²) in [5.41, 5.74) is 2.76. The smallest absolute Gasteiger partial charge is 0.0890 e. The number of aromatic amines is 1. The van der Waals surface area contributed by atoms with Crippen molar-refractivity contribution < 1.29 is 5.32 Å². The van der Waals surface area contributed by atoms with Crippen LogP contribution in [0.1, 0.15) is 31.2 Å². The lowest BCUT2D eigenvalue weighted by atomic mass is 9.95. The van der Waals surface area contributed by atoms with E-state index in [1.165, 1.54) is 55.1 Å². The van der Waals surface area contributed by atoms with Crippen LogP contribution in [-0.4, -0.2) is 17.6 Å². The molecule has 2 bridgehead atoms. The van der Waals surface area contributed by atoms with Crippen molar-refractivity contribution in [3.8, 4) is 0 Å². The maximum atomic E-state index is 3.38. The molecule has 2 fully saturated rings. The van der Waals surface area contributed by atoms with Crippen LogP contribution in [0.15, 0.2) is 30.5 Å². The van der Waals surface area contributed by atoms with Gasteiger partial charge in [0.05, 0.1) is 12.6 Å². The van der Waals surface area contributed by atoms with Crippen LogP contribution in [-0.2, 0) is 6.42 Å². The molecule has 4 rings (SSSR count). The number of benzene rings is 1. The zero-order valence-electron chi connectivity index (χ0n) is 11.4. The van der Waals surface area contributed by atoms with E-state index in [0.29, 0.717) is 0 Å². The SMILES string of the molecule is c1ccc2c(CC[NH2+][C@H]3C[C@@H]4CC[C@@H]3C4)c[nH]c2c1. The maximum absolute atomic E-state index is 3.38. The molecule has 0 spiro atoms. The Hall–Kier alpha value is -1.28. The highest BCUT2D eigenvalue weighted by atomic mass is 14.9. The summed E-state index contributed by atoms with van der Waals surface area (Å²) in [5, 5.41) is 4.04. The van der Waals surface area contributed by atoms with Gasteiger partial charge in [-0.15, -0.1) is 0 Å². The van der Waals surface area contributed by atoms with Gasteiger partial charge in [0.15, 0.2) is 0 Å². The van der Waals surface area contributed by atoms with Crippen LogP contribution in [0.25, 0.3) is 10.9 Å². The fourth-order valence-corrected chi connectivity index (χ4v) is 4.37. The first-order chi connectivity index (χ1) is 9.40. The number of rotatable bonds is 4. The number of H-pyrrole nitrogens is 1. The molecule has 1 aromatic carbocycles. The van der Waals surface area contributed by atoms with Crippen LogP contribution in [0, 0.1) is 11.8 Å². The van der Waals surface area contributed by atoms with Gasteiger partial charge < -0.3 is 10.3 Å². The van der Waals surface area contributed by atoms with Gasteiger partial charge in [-0.25, -0.2) is 0 Å². The van der Waals surface area contributed by atoms with Gasteiger partial charge in [0.2, 0.25) is 0 Å². The molecule has 19 heavy (non-hydrogen) atoms. The van der Waals surface area contributed by atoms with Gasteiger partial charge in [-0.05, 0) is 36.8 Å². The van der Waals surface area contributed by atoms with Gasteiger partial charge in [-0.2, -0.15) is 0 Å². The van der Waals surface area contributed by atoms with E-state index < -0.39 is 0 Å². The number of nitrogens with one attached hydrogen (secondary N) is 1. The Morgan fingerprint density at radius 1 is 1.16 bits per heavy atom. The number of hydrogen-bond acceptors (Lipinski definition) is 0. The lowest BCUT2D eigenvalue weighted by Gasteiger charge is -2.19. The molecule has 0 radical (unpaired) electrons. The van der Waals surface area contributed by atoms with Crippen molar-refractivity contribution in [3.05, 3.63) is 36.0 Å². The molecule has 0 unspecified atom stereocenters. The normalized spacial score (nSPS) is 29.4. The van der Waals surface area contributed by atoms with Crippen molar-refractivity contribution in [3.63, 3.8) is 0 Å². The second-order valence-corrected chi connectivity index (χ2v) is 6.47. The Kier molecular flexibility index (Phi) is 2.84. The molecule has 2 saturated carbocycles. The van der Waals surface area contributed by atoms with Crippen LogP contribution >= 0.6 is 0 Å². The van der Waals surface area contributed by atoms with Crippen LogP contribution in [0.2, 0.25) is 0 Å². The van der Waals surface area contributed by atoms with Gasteiger partial charge in [0, 0.05) is 35.9 Å². The van der Waals surface area contributed by atoms with Crippen molar-refractivity contribution in [2.75, 3.05) is 6.54 Å². The summed E-state index contributed by atoms with van der Waals surface area (Å²) in [6.07, 6.45) is 9.40. The van der Waals surface area contributed by atoms with E-state index in [-0.39, 0.29) is 0 Å². The summed E-state index contributed by atoms with van der Waals surface area (Å²) in [6, 6.07) is 9.57. The molecule has 0 amide bonds. The molecular weight excluding hydrogens is 232 g/mol. The monoisotopic (exact) mass is 255 g/mol. The predicted molar refractivity (Wildman–Crippen MR) is 78.0 cm³/mol. The first-order valence-electron chi connectivity index (χ1n) is 7.78. The second-order valence-electron chi connectivity index (χ2n) is 6.47. The second kappa shape index (κ2) is 4.68. The molecule has 0 aliphatic heterocycles. The molecule has 2 aliphatic carbocycles. The molecule has 1 heterocycles. The summed E-state index contributed by atoms with van der Waals surface area (Å²) >= 11 is 0. The minimum absolute atomic E-state index is 0.934. The molecule has 3 atom stereocenters. The molecule has 2 heteroatoms. The summed E-state index contributed by atoms with van der Waals surface area (Å²) in [6.45, 7) is 1.25. The van der Waals surface area contributed by atoms with Crippen LogP contribution in [0.4, 0.5) is 0 Å². The molecule has 0 saturated heterocycles. The van der Waals surface area contributed by atoms with Crippen molar-refractivity contribution in [2.24, 2.45) is 11.8 Å². The number of nitrogens with two attached hydrogens (primary N) is 1. The fourth-order valence-electron chi connectivity index (χ4n) is 4.37. The van der Waals surface area contributed by atoms with E-state index in [9.17, 15) is 0 Å². The van der Waals surface area contributed by atoms with E-state index in [0.717, 1.165) is 17.9 Å². The molecule has 3 N–H and O–H groups in total. The Morgan fingerprint density at radius 3 is 2.95 bits per heavy atom. The predicted octanol–water partition coefficient (Wildman–Crippen LogP) is 2.46. The lowest BCUT2D eigenvalue weighted by Crippen LogP contribution is -2.91. The third-order valence-corrected chi connectivity index (χ3v) is 5.35. The molecular formula is C17H23N2+. The van der Waals surface area contributed by atoms with Crippen molar-refractivity contribution >= 4 is 10.9 Å². The zero-order valence-corrected chi connectivity index (χ0v) is 11.4. The average Bonchev–Trinajstić information content (AvgIpc) is 3.14. The summed E-state index contributed by atoms with van der Waals surface area (Å²) < 4.78 is 0. The van der Waals surface area contributed by atoms with Crippen LogP contribution < -0.4 is 5.32 Å². The van der Waals surface area contributed by atoms with E-state index in [1.807, 2.05) is 0 Å². The van der Waals surface area contributed by atoms with Gasteiger partial charge in [-0.3, -0.25) is 0 Å². The number of hydrogen-bond donors (Lipinski definition) is 2. The van der Waals surface area contributed by atoms with Gasteiger partial charge in [0.1, 0.15) is 0 Å². The van der Waals surface area contributed by atoms with Crippen molar-refractivity contribution in [2.45, 2.75) is 38.1 Å².